The van der Waals surface area contributed by atoms with Gasteiger partial charge in [-0.05, 0) is 72.2 Å². The Labute approximate surface area is 231 Å². The fourth-order valence-corrected chi connectivity index (χ4v) is 12.6. The standard InChI is InChI=1S/C38H28Si/c1-3-14-30(15-4-1)39(31-16-5-2-6-17-31)36-21-11-9-19-33(36)38(34-20-10-12-22-37(34)39)29-24-23-28-25-27-13-7-8-18-32(27)35(28)26-29/h1-24,26,38H,25H2. The highest BCUT2D eigenvalue weighted by Crippen LogP contribution is 2.41. The molecule has 0 saturated heterocycles. The van der Waals surface area contributed by atoms with Crippen molar-refractivity contribution in [3.05, 3.63) is 179 Å². The van der Waals surface area contributed by atoms with Crippen LogP contribution in [-0.2, 0) is 6.42 Å². The summed E-state index contributed by atoms with van der Waals surface area (Å²) in [6.07, 6.45) is 1.03. The smallest absolute Gasteiger partial charge is 0.0623 e. The van der Waals surface area contributed by atoms with E-state index in [2.05, 4.69) is 152 Å². The van der Waals surface area contributed by atoms with Gasteiger partial charge in [0.2, 0.25) is 0 Å². The zero-order valence-corrected chi connectivity index (χ0v) is 22.7. The normalized spacial score (nSPS) is 14.7. The molecule has 0 spiro atoms. The summed E-state index contributed by atoms with van der Waals surface area (Å²) in [6, 6.07) is 57.3. The van der Waals surface area contributed by atoms with E-state index in [1.807, 2.05) is 0 Å². The summed E-state index contributed by atoms with van der Waals surface area (Å²) in [5.41, 5.74) is 9.95. The molecule has 6 aromatic rings. The average molecular weight is 513 g/mol. The molecule has 184 valence electrons. The van der Waals surface area contributed by atoms with Gasteiger partial charge < -0.3 is 0 Å². The zero-order valence-electron chi connectivity index (χ0n) is 21.7. The highest BCUT2D eigenvalue weighted by Gasteiger charge is 2.48. The Balaban J connectivity index is 1.44. The van der Waals surface area contributed by atoms with Crippen molar-refractivity contribution in [1.82, 2.24) is 0 Å². The molecule has 1 aliphatic carbocycles. The maximum absolute atomic E-state index is 2.53. The van der Waals surface area contributed by atoms with Crippen molar-refractivity contribution in [3.63, 3.8) is 0 Å². The first kappa shape index (κ1) is 22.5. The fraction of sp³-hybridized carbons (Fsp3) is 0.0526. The van der Waals surface area contributed by atoms with Crippen LogP contribution >= 0.6 is 0 Å². The minimum absolute atomic E-state index is 0.198. The van der Waals surface area contributed by atoms with E-state index in [9.17, 15) is 0 Å². The first-order valence-electron chi connectivity index (χ1n) is 13.9. The lowest BCUT2D eigenvalue weighted by Crippen LogP contribution is -2.77. The van der Waals surface area contributed by atoms with Crippen molar-refractivity contribution in [2.24, 2.45) is 0 Å². The Morgan fingerprint density at radius 1 is 0.436 bits per heavy atom. The van der Waals surface area contributed by atoms with Gasteiger partial charge in [-0.1, -0.05) is 146 Å². The van der Waals surface area contributed by atoms with Gasteiger partial charge in [-0.25, -0.2) is 0 Å². The van der Waals surface area contributed by atoms with Crippen molar-refractivity contribution >= 4 is 28.8 Å². The SMILES string of the molecule is c1ccc([Si]2(c3ccccc3)c3ccccc3C(c3ccc4c(c3)-c3ccccc3C4)c3ccccc32)cc1. The van der Waals surface area contributed by atoms with Gasteiger partial charge >= 0.3 is 0 Å². The minimum Gasteiger partial charge on any atom is -0.0623 e. The van der Waals surface area contributed by atoms with Crippen LogP contribution in [0.4, 0.5) is 0 Å². The first-order chi connectivity index (χ1) is 19.4. The number of hydrogen-bond donors (Lipinski definition) is 0. The molecule has 6 aromatic carbocycles. The van der Waals surface area contributed by atoms with Gasteiger partial charge in [-0.15, -0.1) is 0 Å². The van der Waals surface area contributed by atoms with Crippen LogP contribution in [0, 0.1) is 0 Å². The fourth-order valence-electron chi connectivity index (χ4n) is 7.34. The molecule has 1 heterocycles. The minimum atomic E-state index is -2.53. The summed E-state index contributed by atoms with van der Waals surface area (Å²) in [6.45, 7) is 0. The highest BCUT2D eigenvalue weighted by molar-refractivity contribution is 7.20. The summed E-state index contributed by atoms with van der Waals surface area (Å²) in [4.78, 5) is 0. The lowest BCUT2D eigenvalue weighted by molar-refractivity contribution is 0.984. The second-order valence-electron chi connectivity index (χ2n) is 10.8. The Morgan fingerprint density at radius 3 is 1.59 bits per heavy atom. The molecule has 8 rings (SSSR count). The van der Waals surface area contributed by atoms with Crippen molar-refractivity contribution in [2.75, 3.05) is 0 Å². The third-order valence-electron chi connectivity index (χ3n) is 8.92. The second kappa shape index (κ2) is 8.79. The average Bonchev–Trinajstić information content (AvgIpc) is 3.39. The summed E-state index contributed by atoms with van der Waals surface area (Å²) < 4.78 is 0. The number of fused-ring (bicyclic) bond motifs is 5. The molecule has 0 aromatic heterocycles. The molecular formula is C38H28Si. The van der Waals surface area contributed by atoms with E-state index >= 15 is 0 Å². The van der Waals surface area contributed by atoms with Gasteiger partial charge in [0.1, 0.15) is 0 Å². The lowest BCUT2D eigenvalue weighted by atomic mass is 9.83. The Kier molecular flexibility index (Phi) is 5.08. The largest absolute Gasteiger partial charge is 0.180 e. The molecule has 0 N–H and O–H groups in total. The Hall–Kier alpha value is -4.46. The quantitative estimate of drug-likeness (QED) is 0.250. The van der Waals surface area contributed by atoms with Gasteiger partial charge in [0.25, 0.3) is 0 Å². The molecule has 0 saturated carbocycles. The molecule has 1 heteroatoms. The predicted molar refractivity (Wildman–Crippen MR) is 166 cm³/mol. The van der Waals surface area contributed by atoms with Crippen LogP contribution in [0.2, 0.25) is 0 Å². The second-order valence-corrected chi connectivity index (χ2v) is 14.6. The van der Waals surface area contributed by atoms with Gasteiger partial charge in [0.05, 0.1) is 0 Å². The third-order valence-corrected chi connectivity index (χ3v) is 13.8. The molecular weight excluding hydrogens is 485 g/mol. The van der Waals surface area contributed by atoms with E-state index in [1.54, 1.807) is 0 Å². The van der Waals surface area contributed by atoms with E-state index in [0.29, 0.717) is 0 Å². The van der Waals surface area contributed by atoms with Crippen molar-refractivity contribution in [1.29, 1.82) is 0 Å². The van der Waals surface area contributed by atoms with Crippen molar-refractivity contribution in [3.8, 4) is 11.1 Å². The van der Waals surface area contributed by atoms with E-state index in [1.165, 1.54) is 59.7 Å². The maximum atomic E-state index is 2.49. The van der Waals surface area contributed by atoms with E-state index < -0.39 is 8.07 Å². The Bertz CT molecular complexity index is 1750. The number of benzene rings is 6. The molecule has 2 aliphatic rings. The van der Waals surface area contributed by atoms with E-state index in [0.717, 1.165) is 6.42 Å². The number of hydrogen-bond acceptors (Lipinski definition) is 0. The molecule has 0 unspecified atom stereocenters. The Morgan fingerprint density at radius 2 is 0.949 bits per heavy atom. The molecule has 0 fully saturated rings. The summed E-state index contributed by atoms with van der Waals surface area (Å²) in [5, 5.41) is 5.90. The van der Waals surface area contributed by atoms with Gasteiger partial charge in [0.15, 0.2) is 8.07 Å². The van der Waals surface area contributed by atoms with Gasteiger partial charge in [-0.2, -0.15) is 0 Å². The van der Waals surface area contributed by atoms with Crippen LogP contribution < -0.4 is 20.7 Å². The van der Waals surface area contributed by atoms with Crippen molar-refractivity contribution in [2.45, 2.75) is 12.3 Å². The predicted octanol–water partition coefficient (Wildman–Crippen LogP) is 6.13. The lowest BCUT2D eigenvalue weighted by Gasteiger charge is -2.43. The van der Waals surface area contributed by atoms with E-state index in [4.69, 9.17) is 0 Å². The molecule has 39 heavy (non-hydrogen) atoms. The summed E-state index contributed by atoms with van der Waals surface area (Å²) in [5.74, 6) is 0.198. The van der Waals surface area contributed by atoms with E-state index in [-0.39, 0.29) is 5.92 Å². The highest BCUT2D eigenvalue weighted by atomic mass is 28.3. The van der Waals surface area contributed by atoms with Gasteiger partial charge in [0, 0.05) is 5.92 Å². The van der Waals surface area contributed by atoms with Crippen LogP contribution in [0.15, 0.2) is 152 Å². The van der Waals surface area contributed by atoms with Crippen LogP contribution in [-0.4, -0.2) is 8.07 Å². The first-order valence-corrected chi connectivity index (χ1v) is 15.9. The molecule has 0 radical (unpaired) electrons. The van der Waals surface area contributed by atoms with Gasteiger partial charge in [-0.3, -0.25) is 0 Å². The topological polar surface area (TPSA) is 0 Å². The van der Waals surface area contributed by atoms with Crippen LogP contribution in [0.1, 0.15) is 33.7 Å². The molecule has 0 nitrogen and oxygen atoms in total. The molecule has 1 aliphatic heterocycles. The number of rotatable bonds is 3. The summed E-state index contributed by atoms with van der Waals surface area (Å²) in [7, 11) is -2.53. The zero-order chi connectivity index (χ0) is 25.8. The molecule has 0 amide bonds. The molecule has 0 atom stereocenters. The maximum Gasteiger partial charge on any atom is 0.180 e. The van der Waals surface area contributed by atoms with Crippen LogP contribution in [0.3, 0.4) is 0 Å². The van der Waals surface area contributed by atoms with Crippen LogP contribution in [0.5, 0.6) is 0 Å². The summed E-state index contributed by atoms with van der Waals surface area (Å²) >= 11 is 0. The third kappa shape index (κ3) is 3.24. The molecule has 0 bridgehead atoms. The van der Waals surface area contributed by atoms with Crippen molar-refractivity contribution < 1.29 is 0 Å². The monoisotopic (exact) mass is 512 g/mol. The van der Waals surface area contributed by atoms with Crippen LogP contribution in [0.25, 0.3) is 11.1 Å².